The molecule has 0 aliphatic heterocycles. The van der Waals surface area contributed by atoms with Crippen molar-refractivity contribution in [1.82, 2.24) is 5.32 Å². The fraction of sp³-hybridized carbons (Fsp3) is 0.217. The molecular weight excluding hydrogens is 411 g/mol. The predicted molar refractivity (Wildman–Crippen MR) is 107 cm³/mol. The first-order chi connectivity index (χ1) is 14.7. The van der Waals surface area contributed by atoms with Crippen LogP contribution in [0.5, 0.6) is 0 Å². The van der Waals surface area contributed by atoms with Crippen LogP contribution in [-0.2, 0) is 17.9 Å². The van der Waals surface area contributed by atoms with E-state index in [0.29, 0.717) is 16.9 Å². The third-order valence-electron chi connectivity index (χ3n) is 4.42. The van der Waals surface area contributed by atoms with Crippen molar-refractivity contribution in [2.45, 2.75) is 26.3 Å². The van der Waals surface area contributed by atoms with Crippen LogP contribution in [0.15, 0.2) is 65.1 Å². The number of nitrogens with one attached hydrogen (secondary N) is 1. The van der Waals surface area contributed by atoms with Crippen molar-refractivity contribution in [3.8, 4) is 11.3 Å². The molecule has 8 heteroatoms. The first-order valence-corrected chi connectivity index (χ1v) is 9.43. The molecule has 0 atom stereocenters. The summed E-state index contributed by atoms with van der Waals surface area (Å²) in [7, 11) is 0. The van der Waals surface area contributed by atoms with Crippen LogP contribution in [-0.4, -0.2) is 24.5 Å². The van der Waals surface area contributed by atoms with Gasteiger partial charge in [-0.15, -0.1) is 0 Å². The van der Waals surface area contributed by atoms with Crippen LogP contribution in [0.4, 0.5) is 13.2 Å². The molecule has 0 fully saturated rings. The lowest BCUT2D eigenvalue weighted by atomic mass is 10.1. The second-order valence-corrected chi connectivity index (χ2v) is 6.90. The molecule has 5 nitrogen and oxygen atoms in total. The Morgan fingerprint density at radius 1 is 0.935 bits per heavy atom. The zero-order valence-electron chi connectivity index (χ0n) is 16.7. The van der Waals surface area contributed by atoms with E-state index in [1.54, 1.807) is 60.7 Å². The molecule has 0 saturated carbocycles. The molecule has 0 unspecified atom stereocenters. The van der Waals surface area contributed by atoms with Crippen molar-refractivity contribution in [3.63, 3.8) is 0 Å². The van der Waals surface area contributed by atoms with Gasteiger partial charge in [-0.25, -0.2) is 0 Å². The standard InChI is InChI=1S/C23H20F3NO4/c1-15(28)18-6-8-19(9-7-18)20-10-11-21(31-20)22(29)27-12-16-2-4-17(5-3-16)13-30-14-23(24,25)26/h2-11H,12-14H2,1H3,(H,27,29). The van der Waals surface area contributed by atoms with Gasteiger partial charge in [0.05, 0.1) is 6.61 Å². The first-order valence-electron chi connectivity index (χ1n) is 9.43. The molecule has 1 amide bonds. The Bertz CT molecular complexity index is 1040. The van der Waals surface area contributed by atoms with E-state index in [-0.39, 0.29) is 24.7 Å². The monoisotopic (exact) mass is 431 g/mol. The Hall–Kier alpha value is -3.39. The number of amides is 1. The lowest BCUT2D eigenvalue weighted by Gasteiger charge is -2.08. The topological polar surface area (TPSA) is 68.5 Å². The van der Waals surface area contributed by atoms with Crippen LogP contribution in [0.2, 0.25) is 0 Å². The van der Waals surface area contributed by atoms with Crippen molar-refractivity contribution in [1.29, 1.82) is 0 Å². The second-order valence-electron chi connectivity index (χ2n) is 6.90. The zero-order valence-corrected chi connectivity index (χ0v) is 16.7. The maximum atomic E-state index is 12.3. The van der Waals surface area contributed by atoms with Gasteiger partial charge in [-0.3, -0.25) is 9.59 Å². The van der Waals surface area contributed by atoms with E-state index in [9.17, 15) is 22.8 Å². The molecule has 0 saturated heterocycles. The fourth-order valence-electron chi connectivity index (χ4n) is 2.79. The van der Waals surface area contributed by atoms with Crippen LogP contribution in [0.25, 0.3) is 11.3 Å². The molecule has 0 aliphatic carbocycles. The van der Waals surface area contributed by atoms with Crippen LogP contribution in [0, 0.1) is 0 Å². The Morgan fingerprint density at radius 2 is 1.58 bits per heavy atom. The van der Waals surface area contributed by atoms with E-state index < -0.39 is 18.7 Å². The summed E-state index contributed by atoms with van der Waals surface area (Å²) in [5.74, 6) is 0.211. The van der Waals surface area contributed by atoms with Gasteiger partial charge in [-0.2, -0.15) is 13.2 Å². The number of halogens is 3. The zero-order chi connectivity index (χ0) is 22.4. The van der Waals surface area contributed by atoms with E-state index >= 15 is 0 Å². The van der Waals surface area contributed by atoms with Gasteiger partial charge < -0.3 is 14.5 Å². The highest BCUT2D eigenvalue weighted by atomic mass is 19.4. The van der Waals surface area contributed by atoms with Gasteiger partial charge in [0.15, 0.2) is 11.5 Å². The molecule has 0 bridgehead atoms. The second kappa shape index (κ2) is 9.61. The van der Waals surface area contributed by atoms with Crippen LogP contribution >= 0.6 is 0 Å². The number of carbonyl (C=O) groups excluding carboxylic acids is 2. The Morgan fingerprint density at radius 3 is 2.19 bits per heavy atom. The number of alkyl halides is 3. The predicted octanol–water partition coefficient (Wildman–Crippen LogP) is 5.16. The van der Waals surface area contributed by atoms with Gasteiger partial charge in [-0.05, 0) is 30.2 Å². The lowest BCUT2D eigenvalue weighted by Crippen LogP contribution is -2.22. The normalized spacial score (nSPS) is 11.4. The highest BCUT2D eigenvalue weighted by Crippen LogP contribution is 2.23. The summed E-state index contributed by atoms with van der Waals surface area (Å²) in [5, 5.41) is 2.73. The van der Waals surface area contributed by atoms with Crippen LogP contribution < -0.4 is 5.32 Å². The third kappa shape index (κ3) is 6.55. The van der Waals surface area contributed by atoms with Crippen molar-refractivity contribution >= 4 is 11.7 Å². The van der Waals surface area contributed by atoms with E-state index in [0.717, 1.165) is 11.1 Å². The molecule has 31 heavy (non-hydrogen) atoms. The van der Waals surface area contributed by atoms with Crippen molar-refractivity contribution in [2.24, 2.45) is 0 Å². The number of benzene rings is 2. The number of hydrogen-bond donors (Lipinski definition) is 1. The highest BCUT2D eigenvalue weighted by Gasteiger charge is 2.27. The smallest absolute Gasteiger partial charge is 0.411 e. The van der Waals surface area contributed by atoms with Gasteiger partial charge in [0.25, 0.3) is 5.91 Å². The molecule has 162 valence electrons. The molecule has 1 N–H and O–H groups in total. The van der Waals surface area contributed by atoms with E-state index in [4.69, 9.17) is 4.42 Å². The van der Waals surface area contributed by atoms with Gasteiger partial charge in [-0.1, -0.05) is 48.5 Å². The van der Waals surface area contributed by atoms with Gasteiger partial charge in [0.1, 0.15) is 12.4 Å². The van der Waals surface area contributed by atoms with E-state index in [1.165, 1.54) is 6.92 Å². The molecular formula is C23H20F3NO4. The summed E-state index contributed by atoms with van der Waals surface area (Å²) in [6.07, 6.45) is -4.35. The average Bonchev–Trinajstić information content (AvgIpc) is 3.22. The van der Waals surface area contributed by atoms with E-state index in [2.05, 4.69) is 10.1 Å². The maximum Gasteiger partial charge on any atom is 0.411 e. The molecule has 0 radical (unpaired) electrons. The van der Waals surface area contributed by atoms with Gasteiger partial charge in [0.2, 0.25) is 0 Å². The van der Waals surface area contributed by atoms with Crippen LogP contribution in [0.1, 0.15) is 39.0 Å². The molecule has 1 aromatic heterocycles. The number of furan rings is 1. The number of carbonyl (C=O) groups is 2. The summed E-state index contributed by atoms with van der Waals surface area (Å²) < 4.78 is 46.5. The van der Waals surface area contributed by atoms with Gasteiger partial charge >= 0.3 is 6.18 Å². The maximum absolute atomic E-state index is 12.3. The third-order valence-corrected chi connectivity index (χ3v) is 4.42. The molecule has 3 rings (SSSR count). The summed E-state index contributed by atoms with van der Waals surface area (Å²) in [4.78, 5) is 23.7. The first kappa shape index (κ1) is 22.3. The summed E-state index contributed by atoms with van der Waals surface area (Å²) in [6, 6.07) is 16.8. The van der Waals surface area contributed by atoms with Crippen molar-refractivity contribution in [3.05, 3.63) is 83.1 Å². The van der Waals surface area contributed by atoms with E-state index in [1.807, 2.05) is 0 Å². The molecule has 3 aromatic rings. The Balaban J connectivity index is 1.52. The van der Waals surface area contributed by atoms with Crippen molar-refractivity contribution < 1.29 is 31.9 Å². The highest BCUT2D eigenvalue weighted by molar-refractivity contribution is 5.94. The summed E-state index contributed by atoms with van der Waals surface area (Å²) in [6.45, 7) is 0.275. The number of ether oxygens (including phenoxy) is 1. The van der Waals surface area contributed by atoms with Gasteiger partial charge in [0, 0.05) is 17.7 Å². The summed E-state index contributed by atoms with van der Waals surface area (Å²) in [5.41, 5.74) is 2.71. The minimum absolute atomic E-state index is 0.0343. The Labute approximate surface area is 176 Å². The number of Topliss-reactive ketones (excluding diaryl/α,β-unsaturated/α-hetero) is 1. The quantitative estimate of drug-likeness (QED) is 0.501. The largest absolute Gasteiger partial charge is 0.451 e. The molecule has 0 aliphatic rings. The van der Waals surface area contributed by atoms with Crippen molar-refractivity contribution in [2.75, 3.05) is 6.61 Å². The number of hydrogen-bond acceptors (Lipinski definition) is 4. The Kier molecular flexibility index (Phi) is 6.91. The molecule has 1 heterocycles. The number of rotatable bonds is 8. The SMILES string of the molecule is CC(=O)c1ccc(-c2ccc(C(=O)NCc3ccc(COCC(F)(F)F)cc3)o2)cc1. The molecule has 0 spiro atoms. The molecule has 2 aromatic carbocycles. The average molecular weight is 431 g/mol. The fourth-order valence-corrected chi connectivity index (χ4v) is 2.79. The number of ketones is 1. The minimum Gasteiger partial charge on any atom is -0.451 e. The lowest BCUT2D eigenvalue weighted by molar-refractivity contribution is -0.176. The summed E-state index contributed by atoms with van der Waals surface area (Å²) >= 11 is 0. The minimum atomic E-state index is -4.35. The van der Waals surface area contributed by atoms with Crippen LogP contribution in [0.3, 0.4) is 0 Å².